The van der Waals surface area contributed by atoms with E-state index in [-0.39, 0.29) is 6.04 Å². The fraction of sp³-hybridized carbons (Fsp3) is 1.00. The van der Waals surface area contributed by atoms with Gasteiger partial charge in [-0.3, -0.25) is 0 Å². The lowest BCUT2D eigenvalue weighted by atomic mass is 9.66. The summed E-state index contributed by atoms with van der Waals surface area (Å²) in [7, 11) is 0. The molecule has 9 unspecified atom stereocenters. The second-order valence-electron chi connectivity index (χ2n) is 14.3. The summed E-state index contributed by atoms with van der Waals surface area (Å²) >= 11 is 0. The van der Waals surface area contributed by atoms with Crippen molar-refractivity contribution in [1.29, 1.82) is 0 Å². The summed E-state index contributed by atoms with van der Waals surface area (Å²) in [6.45, 7) is 5.29. The van der Waals surface area contributed by atoms with Crippen LogP contribution in [0, 0.1) is 34.3 Å². The van der Waals surface area contributed by atoms with Crippen molar-refractivity contribution < 1.29 is 20.1 Å². The zero-order valence-electron chi connectivity index (χ0n) is 22.6. The Morgan fingerprint density at radius 1 is 0.714 bits per heavy atom. The van der Waals surface area contributed by atoms with E-state index in [2.05, 4.69) is 18.7 Å². The van der Waals surface area contributed by atoms with E-state index in [4.69, 9.17) is 4.74 Å². The molecule has 5 nitrogen and oxygen atoms in total. The maximum absolute atomic E-state index is 11.4. The second kappa shape index (κ2) is 10.2. The molecular weight excluding hydrogens is 436 g/mol. The highest BCUT2D eigenvalue weighted by Gasteiger charge is 2.63. The number of nitrogens with one attached hydrogen (secondary N) is 2. The summed E-state index contributed by atoms with van der Waals surface area (Å²) in [6.07, 6.45) is 23.2. The lowest BCUT2D eigenvalue weighted by Crippen LogP contribution is -3.23. The molecule has 0 radical (unpaired) electrons. The van der Waals surface area contributed by atoms with Crippen LogP contribution in [0.3, 0.4) is 0 Å². The molecule has 6 aliphatic rings. The van der Waals surface area contributed by atoms with E-state index in [1.165, 1.54) is 83.5 Å². The van der Waals surface area contributed by atoms with Crippen molar-refractivity contribution in [3.63, 3.8) is 0 Å². The van der Waals surface area contributed by atoms with E-state index >= 15 is 0 Å². The number of piperidine rings is 1. The van der Waals surface area contributed by atoms with Gasteiger partial charge in [0, 0.05) is 42.9 Å². The first-order valence-corrected chi connectivity index (χ1v) is 15.7. The summed E-state index contributed by atoms with van der Waals surface area (Å²) in [5.74, 6) is 3.23. The van der Waals surface area contributed by atoms with Crippen LogP contribution in [0.2, 0.25) is 0 Å². The first-order valence-electron chi connectivity index (χ1n) is 15.7. The van der Waals surface area contributed by atoms with Gasteiger partial charge in [0.15, 0.2) is 0 Å². The van der Waals surface area contributed by atoms with Crippen LogP contribution >= 0.6 is 0 Å². The molecule has 3 heterocycles. The summed E-state index contributed by atoms with van der Waals surface area (Å²) < 4.78 is 6.95. The Hall–Kier alpha value is -0.200. The summed E-state index contributed by atoms with van der Waals surface area (Å²) in [5, 5.41) is 20.2. The van der Waals surface area contributed by atoms with Gasteiger partial charge < -0.3 is 14.8 Å². The first-order chi connectivity index (χ1) is 16.9. The fourth-order valence-corrected chi connectivity index (χ4v) is 10.6. The highest BCUT2D eigenvalue weighted by atomic mass is 16.8. The quantitative estimate of drug-likeness (QED) is 0.522. The van der Waals surface area contributed by atoms with Gasteiger partial charge in [0.25, 0.3) is 0 Å². The minimum absolute atomic E-state index is 0.111. The van der Waals surface area contributed by atoms with E-state index in [1.54, 1.807) is 0 Å². The molecule has 6 fully saturated rings. The van der Waals surface area contributed by atoms with Gasteiger partial charge in [0.2, 0.25) is 0 Å². The Balaban J connectivity index is 1.17. The van der Waals surface area contributed by atoms with Crippen molar-refractivity contribution in [2.24, 2.45) is 29.1 Å². The summed E-state index contributed by atoms with van der Waals surface area (Å²) in [4.78, 5) is 2.07. The van der Waals surface area contributed by atoms with Crippen molar-refractivity contribution in [3.8, 4) is 0 Å². The second-order valence-corrected chi connectivity index (χ2v) is 14.3. The summed E-state index contributed by atoms with van der Waals surface area (Å²) in [6, 6.07) is 2.52. The highest BCUT2D eigenvalue weighted by molar-refractivity contribution is 5.02. The Labute approximate surface area is 213 Å². The fourth-order valence-electron chi connectivity index (χ4n) is 10.6. The molecular formula is C30H53N2O3+. The average Bonchev–Trinajstić information content (AvgIpc) is 3.46. The average molecular weight is 490 g/mol. The Morgan fingerprint density at radius 2 is 1.37 bits per heavy atom. The first kappa shape index (κ1) is 25.1. The molecule has 0 spiro atoms. The standard InChI is InChI=1S/C30H52N2O3/c1-30(2)24-10-6-7-11-25(24)31-26(20-8-4-3-5-9-20)18-22(19-29(30)31)28-17-16-27(35-28)21-12-14-23(15-13-21)32(33)34/h20-29,32-33H,3-19H2,1-2H3/p+1. The SMILES string of the molecule is CC1(C)C2CCCCC2[NH+]2C(C3CCCCC3)CC(C3CCC(C4CCC([NH+]([O-])O)CC4)O3)CC21. The molecule has 5 heteroatoms. The largest absolute Gasteiger partial charge is 0.600 e. The molecule has 6 rings (SSSR count). The van der Waals surface area contributed by atoms with Gasteiger partial charge >= 0.3 is 0 Å². The van der Waals surface area contributed by atoms with Crippen LogP contribution in [0.15, 0.2) is 0 Å². The van der Waals surface area contributed by atoms with Gasteiger partial charge in [-0.25, -0.2) is 10.4 Å². The topological polar surface area (TPSA) is 61.4 Å². The molecule has 3 aliphatic carbocycles. The van der Waals surface area contributed by atoms with E-state index in [0.717, 1.165) is 61.6 Å². The predicted molar refractivity (Wildman–Crippen MR) is 137 cm³/mol. The van der Waals surface area contributed by atoms with Gasteiger partial charge in [-0.2, -0.15) is 0 Å². The highest BCUT2D eigenvalue weighted by Crippen LogP contribution is 2.50. The molecule has 35 heavy (non-hydrogen) atoms. The van der Waals surface area contributed by atoms with Crippen LogP contribution in [0.4, 0.5) is 0 Å². The minimum atomic E-state index is -0.587. The number of rotatable bonds is 4. The van der Waals surface area contributed by atoms with Crippen molar-refractivity contribution in [1.82, 2.24) is 0 Å². The number of ether oxygens (including phenoxy) is 1. The van der Waals surface area contributed by atoms with E-state index in [1.807, 2.05) is 0 Å². The van der Waals surface area contributed by atoms with Gasteiger partial charge in [0.1, 0.15) is 6.04 Å². The van der Waals surface area contributed by atoms with Crippen molar-refractivity contribution in [2.75, 3.05) is 0 Å². The predicted octanol–water partition coefficient (Wildman–Crippen LogP) is 4.08. The van der Waals surface area contributed by atoms with Crippen LogP contribution in [0.5, 0.6) is 0 Å². The molecule has 0 amide bonds. The molecule has 3 saturated heterocycles. The molecule has 3 saturated carbocycles. The monoisotopic (exact) mass is 489 g/mol. The number of hydrogen-bond donors (Lipinski definition) is 3. The lowest BCUT2D eigenvalue weighted by molar-refractivity contribution is -1.07. The number of fused-ring (bicyclic) bond motifs is 3. The lowest BCUT2D eigenvalue weighted by Gasteiger charge is -2.48. The minimum Gasteiger partial charge on any atom is -0.600 e. The zero-order chi connectivity index (χ0) is 24.2. The maximum atomic E-state index is 11.4. The van der Waals surface area contributed by atoms with Crippen molar-refractivity contribution in [3.05, 3.63) is 5.21 Å². The van der Waals surface area contributed by atoms with E-state index < -0.39 is 5.23 Å². The van der Waals surface area contributed by atoms with Gasteiger partial charge in [0.05, 0.1) is 30.3 Å². The maximum Gasteiger partial charge on any atom is 0.117 e. The van der Waals surface area contributed by atoms with E-state index in [9.17, 15) is 10.4 Å². The number of hydroxylamine groups is 2. The number of quaternary nitrogens is 2. The molecule has 3 aliphatic heterocycles. The van der Waals surface area contributed by atoms with Crippen LogP contribution < -0.4 is 10.1 Å². The van der Waals surface area contributed by atoms with Crippen molar-refractivity contribution >= 4 is 0 Å². The van der Waals surface area contributed by atoms with Gasteiger partial charge in [-0.1, -0.05) is 39.5 Å². The molecule has 0 aromatic carbocycles. The van der Waals surface area contributed by atoms with Gasteiger partial charge in [-0.05, 0) is 69.6 Å². The molecule has 0 aromatic rings. The van der Waals surface area contributed by atoms with Crippen LogP contribution in [-0.2, 0) is 4.74 Å². The Morgan fingerprint density at radius 3 is 2.09 bits per heavy atom. The third-order valence-corrected chi connectivity index (χ3v) is 12.5. The molecule has 0 bridgehead atoms. The van der Waals surface area contributed by atoms with Crippen LogP contribution in [0.1, 0.15) is 123 Å². The van der Waals surface area contributed by atoms with Gasteiger partial charge in [-0.15, -0.1) is 0 Å². The zero-order valence-corrected chi connectivity index (χ0v) is 22.6. The normalized spacial score (nSPS) is 49.4. The Kier molecular flexibility index (Phi) is 7.29. The van der Waals surface area contributed by atoms with Crippen LogP contribution in [-0.4, -0.2) is 41.6 Å². The smallest absolute Gasteiger partial charge is 0.117 e. The third-order valence-electron chi connectivity index (χ3n) is 12.5. The van der Waals surface area contributed by atoms with Crippen LogP contribution in [0.25, 0.3) is 0 Å². The molecule has 200 valence electrons. The molecule has 3 N–H and O–H groups in total. The van der Waals surface area contributed by atoms with E-state index in [0.29, 0.717) is 23.5 Å². The molecule has 9 atom stereocenters. The Bertz CT molecular complexity index is 714. The summed E-state index contributed by atoms with van der Waals surface area (Å²) in [5.41, 5.74) is 0.471. The molecule has 0 aromatic heterocycles. The number of hydrogen-bond acceptors (Lipinski definition) is 3. The van der Waals surface area contributed by atoms with Crippen molar-refractivity contribution in [2.45, 2.75) is 159 Å². The third kappa shape index (κ3) is 4.64.